The van der Waals surface area contributed by atoms with Crippen LogP contribution in [0, 0.1) is 0 Å². The van der Waals surface area contributed by atoms with Crippen LogP contribution in [0.4, 0.5) is 0 Å². The van der Waals surface area contributed by atoms with Crippen LogP contribution in [0.25, 0.3) is 10.9 Å². The van der Waals surface area contributed by atoms with E-state index < -0.39 is 18.8 Å². The number of hydrogen-bond acceptors (Lipinski definition) is 2. The van der Waals surface area contributed by atoms with Gasteiger partial charge in [-0.1, -0.05) is 0 Å². The van der Waals surface area contributed by atoms with Gasteiger partial charge in [-0.2, -0.15) is 0 Å². The third kappa shape index (κ3) is 6.18. The minimum atomic E-state index is -4.05. The molecular formula is C30H24Cl3NO2Sn. The van der Waals surface area contributed by atoms with E-state index in [1.165, 1.54) is 0 Å². The Morgan fingerprint density at radius 1 is 0.649 bits per heavy atom. The number of H-pyrrole nitrogens is 1. The average Bonchev–Trinajstić information content (AvgIpc) is 3.33. The van der Waals surface area contributed by atoms with E-state index in [0.717, 1.165) is 27.6 Å². The topological polar surface area (TPSA) is 42.1 Å². The number of rotatable bonds is 8. The van der Waals surface area contributed by atoms with Gasteiger partial charge in [0.1, 0.15) is 0 Å². The van der Waals surface area contributed by atoms with Crippen LogP contribution < -0.4 is 0 Å². The van der Waals surface area contributed by atoms with Gasteiger partial charge in [0.2, 0.25) is 0 Å². The van der Waals surface area contributed by atoms with E-state index in [4.69, 9.17) is 37.9 Å². The molecule has 186 valence electrons. The summed E-state index contributed by atoms with van der Waals surface area (Å²) in [6, 6.07) is 32.9. The molecule has 0 aliphatic carbocycles. The number of para-hydroxylation sites is 1. The first-order valence-electron chi connectivity index (χ1n) is 11.9. The summed E-state index contributed by atoms with van der Waals surface area (Å²) in [5.41, 5.74) is 4.20. The summed E-state index contributed by atoms with van der Waals surface area (Å²) < 4.78 is 8.43. The van der Waals surface area contributed by atoms with Gasteiger partial charge in [-0.05, 0) is 0 Å². The fourth-order valence-corrected chi connectivity index (χ4v) is 18.0. The van der Waals surface area contributed by atoms with Crippen LogP contribution in [0.3, 0.4) is 0 Å². The van der Waals surface area contributed by atoms with E-state index in [-0.39, 0.29) is 5.97 Å². The fourth-order valence-electron chi connectivity index (χ4n) is 4.70. The molecule has 0 bridgehead atoms. The zero-order valence-corrected chi connectivity index (χ0v) is 25.0. The molecule has 1 heterocycles. The van der Waals surface area contributed by atoms with E-state index in [2.05, 4.69) is 4.98 Å². The standard InChI is InChI=1S/C9H7NO2.3C7H6Cl.Sn/c11-9(12)8-5-6-3-1-2-4-7(6)10-8;3*1-6-4-2-3-5-7(6)8;/h1-5,10H,(H,11,12);3*2-5H,1H2;/q;;;;+1/p-1. The number of hydrogen-bond donors (Lipinski definition) is 1. The molecule has 0 saturated carbocycles. The molecule has 3 nitrogen and oxygen atoms in total. The van der Waals surface area contributed by atoms with Gasteiger partial charge in [0.05, 0.1) is 0 Å². The second-order valence-electron chi connectivity index (χ2n) is 9.15. The third-order valence-corrected chi connectivity index (χ3v) is 18.1. The Labute approximate surface area is 235 Å². The van der Waals surface area contributed by atoms with Gasteiger partial charge in [-0.15, -0.1) is 0 Å². The van der Waals surface area contributed by atoms with Crippen molar-refractivity contribution in [2.24, 2.45) is 0 Å². The number of benzene rings is 4. The molecule has 37 heavy (non-hydrogen) atoms. The Morgan fingerprint density at radius 2 is 1.08 bits per heavy atom. The van der Waals surface area contributed by atoms with Crippen LogP contribution in [0.15, 0.2) is 103 Å². The molecule has 0 saturated heterocycles. The molecule has 5 aromatic rings. The van der Waals surface area contributed by atoms with Crippen molar-refractivity contribution in [1.82, 2.24) is 4.98 Å². The number of carbonyl (C=O) groups is 1. The normalized spacial score (nSPS) is 11.5. The van der Waals surface area contributed by atoms with Crippen molar-refractivity contribution in [2.45, 2.75) is 13.3 Å². The van der Waals surface area contributed by atoms with E-state index in [0.29, 0.717) is 34.1 Å². The van der Waals surface area contributed by atoms with Crippen molar-refractivity contribution < 1.29 is 7.87 Å². The molecule has 0 spiro atoms. The number of halogens is 3. The molecule has 1 aromatic heterocycles. The van der Waals surface area contributed by atoms with Crippen LogP contribution in [0.2, 0.25) is 15.1 Å². The van der Waals surface area contributed by atoms with E-state index >= 15 is 0 Å². The van der Waals surface area contributed by atoms with Crippen LogP contribution >= 0.6 is 34.8 Å². The van der Waals surface area contributed by atoms with Gasteiger partial charge in [0.25, 0.3) is 0 Å². The zero-order valence-electron chi connectivity index (χ0n) is 19.9. The summed E-state index contributed by atoms with van der Waals surface area (Å²) in [6.45, 7) is 0. The van der Waals surface area contributed by atoms with Crippen LogP contribution in [0.5, 0.6) is 0 Å². The molecule has 0 aliphatic heterocycles. The Kier molecular flexibility index (Phi) is 8.15. The van der Waals surface area contributed by atoms with Crippen molar-refractivity contribution in [3.63, 3.8) is 0 Å². The van der Waals surface area contributed by atoms with Gasteiger partial charge < -0.3 is 0 Å². The predicted octanol–water partition coefficient (Wildman–Crippen LogP) is 8.58. The van der Waals surface area contributed by atoms with Gasteiger partial charge >= 0.3 is 237 Å². The summed E-state index contributed by atoms with van der Waals surface area (Å²) in [5, 5.41) is 2.93. The molecule has 0 fully saturated rings. The molecule has 5 rings (SSSR count). The average molecular weight is 656 g/mol. The maximum atomic E-state index is 13.8. The third-order valence-electron chi connectivity index (χ3n) is 6.47. The number of nitrogens with one attached hydrogen (secondary N) is 1. The maximum absolute atomic E-state index is 13.8. The quantitative estimate of drug-likeness (QED) is 0.170. The molecule has 1 N–H and O–H groups in total. The van der Waals surface area contributed by atoms with Crippen LogP contribution in [-0.2, 0) is 16.4 Å². The molecular weight excluding hydrogens is 631 g/mol. The summed E-state index contributed by atoms with van der Waals surface area (Å²) in [6.07, 6.45) is 0. The number of carbonyl (C=O) groups excluding carboxylic acids is 1. The van der Waals surface area contributed by atoms with Gasteiger partial charge in [-0.3, -0.25) is 0 Å². The molecule has 0 radical (unpaired) electrons. The van der Waals surface area contributed by atoms with E-state index in [1.54, 1.807) is 0 Å². The predicted molar refractivity (Wildman–Crippen MR) is 155 cm³/mol. The first kappa shape index (κ1) is 26.2. The second-order valence-corrected chi connectivity index (χ2v) is 20.7. The van der Waals surface area contributed by atoms with Gasteiger partial charge in [-0.25, -0.2) is 0 Å². The summed E-state index contributed by atoms with van der Waals surface area (Å²) >= 11 is 15.9. The Hall–Kier alpha value is -2.44. The number of aromatic amines is 1. The molecule has 0 aliphatic rings. The molecule has 0 atom stereocenters. The van der Waals surface area contributed by atoms with E-state index in [1.807, 2.05) is 103 Å². The Morgan fingerprint density at radius 3 is 1.54 bits per heavy atom. The molecule has 7 heteroatoms. The summed E-state index contributed by atoms with van der Waals surface area (Å²) in [7, 11) is 0. The first-order valence-corrected chi connectivity index (χ1v) is 20.3. The molecule has 4 aromatic carbocycles. The SMILES string of the molecule is O=C([O][Sn]([CH2]c1ccccc1Cl)([CH2]c1ccccc1Cl)[CH2]c1ccccc1Cl)c1cc2ccccc2[nH]1. The Balaban J connectivity index is 1.62. The Bertz CT molecular complexity index is 1420. The molecule has 0 amide bonds. The van der Waals surface area contributed by atoms with Crippen molar-refractivity contribution in [1.29, 1.82) is 0 Å². The van der Waals surface area contributed by atoms with Crippen LogP contribution in [-0.4, -0.2) is 29.7 Å². The summed E-state index contributed by atoms with van der Waals surface area (Å²) in [4.78, 5) is 17.0. The van der Waals surface area contributed by atoms with Crippen molar-refractivity contribution in [3.05, 3.63) is 141 Å². The summed E-state index contributed by atoms with van der Waals surface area (Å²) in [5.74, 6) is -0.363. The zero-order chi connectivity index (χ0) is 25.8. The van der Waals surface area contributed by atoms with Crippen molar-refractivity contribution in [3.8, 4) is 0 Å². The molecule has 0 unspecified atom stereocenters. The van der Waals surface area contributed by atoms with Crippen LogP contribution in [0.1, 0.15) is 27.2 Å². The minimum absolute atomic E-state index is 0.363. The van der Waals surface area contributed by atoms with Crippen molar-refractivity contribution >= 4 is 70.5 Å². The first-order chi connectivity index (χ1) is 17.9. The number of fused-ring (bicyclic) bond motifs is 1. The second kappa shape index (κ2) is 11.5. The monoisotopic (exact) mass is 655 g/mol. The van der Waals surface area contributed by atoms with Gasteiger partial charge in [0, 0.05) is 0 Å². The van der Waals surface area contributed by atoms with Gasteiger partial charge in [0.15, 0.2) is 0 Å². The van der Waals surface area contributed by atoms with Crippen molar-refractivity contribution in [2.75, 3.05) is 0 Å². The van der Waals surface area contributed by atoms with E-state index in [9.17, 15) is 4.79 Å². The number of aromatic nitrogens is 1. The fraction of sp³-hybridized carbons (Fsp3) is 0.100.